The molecule has 2 N–H and O–H groups in total. The topological polar surface area (TPSA) is 80.0 Å². The molecule has 0 aliphatic heterocycles. The van der Waals surface area contributed by atoms with E-state index in [1.54, 1.807) is 23.3 Å². The number of rotatable bonds is 7. The van der Waals surface area contributed by atoms with E-state index in [2.05, 4.69) is 15.4 Å². The van der Waals surface area contributed by atoms with E-state index in [-0.39, 0.29) is 18.4 Å². The number of aliphatic hydroxyl groups excluding tert-OH is 1. The van der Waals surface area contributed by atoms with Crippen molar-refractivity contribution in [3.8, 4) is 0 Å². The van der Waals surface area contributed by atoms with Crippen molar-refractivity contribution >= 4 is 5.91 Å². The van der Waals surface area contributed by atoms with Gasteiger partial charge in [-0.05, 0) is 25.5 Å². The second-order valence-electron chi connectivity index (χ2n) is 4.87. The molecule has 2 aromatic rings. The van der Waals surface area contributed by atoms with E-state index < -0.39 is 0 Å². The molecular weight excluding hydrogens is 268 g/mol. The highest BCUT2D eigenvalue weighted by molar-refractivity contribution is 5.93. The number of nitrogens with one attached hydrogen (secondary N) is 1. The number of aryl methyl sites for hydroxylation is 1. The van der Waals surface area contributed by atoms with E-state index in [1.807, 2.05) is 25.1 Å². The predicted octanol–water partition coefficient (Wildman–Crippen LogP) is 0.879. The van der Waals surface area contributed by atoms with Crippen molar-refractivity contribution in [2.45, 2.75) is 19.9 Å². The summed E-state index contributed by atoms with van der Waals surface area (Å²) in [5.41, 5.74) is 1.44. The summed E-state index contributed by atoms with van der Waals surface area (Å²) in [7, 11) is 0. The van der Waals surface area contributed by atoms with Crippen molar-refractivity contribution in [2.24, 2.45) is 5.92 Å². The normalized spacial score (nSPS) is 12.1. The van der Waals surface area contributed by atoms with Gasteiger partial charge >= 0.3 is 0 Å². The highest BCUT2D eigenvalue weighted by atomic mass is 16.3. The maximum Gasteiger partial charge on any atom is 0.254 e. The number of carbonyl (C=O) groups is 1. The second kappa shape index (κ2) is 7.54. The van der Waals surface area contributed by atoms with Crippen molar-refractivity contribution in [1.82, 2.24) is 20.1 Å². The van der Waals surface area contributed by atoms with Gasteiger partial charge in [-0.15, -0.1) is 0 Å². The van der Waals surface area contributed by atoms with Crippen molar-refractivity contribution in [3.05, 3.63) is 48.0 Å². The first kappa shape index (κ1) is 15.2. The number of carbonyl (C=O) groups excluding carboxylic acids is 1. The average Bonchev–Trinajstić information content (AvgIpc) is 3.01. The third-order valence-electron chi connectivity index (χ3n) is 3.25. The molecular formula is C15H20N4O2. The van der Waals surface area contributed by atoms with Gasteiger partial charge < -0.3 is 10.4 Å². The molecule has 0 aliphatic carbocycles. The first-order valence-electron chi connectivity index (χ1n) is 7.04. The van der Waals surface area contributed by atoms with Crippen LogP contribution in [-0.2, 0) is 13.0 Å². The number of hydrogen-bond donors (Lipinski definition) is 2. The molecule has 6 nitrogen and oxygen atoms in total. The lowest BCUT2D eigenvalue weighted by atomic mass is 10.0. The van der Waals surface area contributed by atoms with Gasteiger partial charge in [0.25, 0.3) is 5.91 Å². The fourth-order valence-electron chi connectivity index (χ4n) is 2.01. The molecule has 0 aliphatic rings. The van der Waals surface area contributed by atoms with Crippen LogP contribution in [-0.4, -0.2) is 38.9 Å². The molecule has 112 valence electrons. The van der Waals surface area contributed by atoms with E-state index >= 15 is 0 Å². The molecule has 2 rings (SSSR count). The fourth-order valence-corrected chi connectivity index (χ4v) is 2.01. The van der Waals surface area contributed by atoms with Gasteiger partial charge in [0.05, 0.1) is 11.8 Å². The van der Waals surface area contributed by atoms with Gasteiger partial charge in [-0.3, -0.25) is 14.5 Å². The molecule has 0 spiro atoms. The summed E-state index contributed by atoms with van der Waals surface area (Å²) in [5, 5.41) is 16.3. The Bertz CT molecular complexity index is 568. The SMILES string of the molecule is CCn1cc(C(=O)NCC(CO)Cc2ccccn2)cn1. The van der Waals surface area contributed by atoms with Crippen LogP contribution in [0.4, 0.5) is 0 Å². The molecule has 1 amide bonds. The van der Waals surface area contributed by atoms with Crippen molar-refractivity contribution in [3.63, 3.8) is 0 Å². The molecule has 0 saturated heterocycles. The van der Waals surface area contributed by atoms with Crippen LogP contribution >= 0.6 is 0 Å². The Labute approximate surface area is 123 Å². The van der Waals surface area contributed by atoms with Crippen LogP contribution in [0.1, 0.15) is 23.0 Å². The third kappa shape index (κ3) is 4.39. The van der Waals surface area contributed by atoms with Crippen LogP contribution in [0.5, 0.6) is 0 Å². The second-order valence-corrected chi connectivity index (χ2v) is 4.87. The van der Waals surface area contributed by atoms with Crippen molar-refractivity contribution in [2.75, 3.05) is 13.2 Å². The molecule has 0 bridgehead atoms. The Morgan fingerprint density at radius 2 is 2.33 bits per heavy atom. The molecule has 0 fully saturated rings. The smallest absolute Gasteiger partial charge is 0.254 e. The zero-order valence-corrected chi connectivity index (χ0v) is 12.1. The number of pyridine rings is 1. The highest BCUT2D eigenvalue weighted by Gasteiger charge is 2.13. The van der Waals surface area contributed by atoms with Crippen LogP contribution in [0.15, 0.2) is 36.8 Å². The average molecular weight is 288 g/mol. The molecule has 1 unspecified atom stereocenters. The predicted molar refractivity (Wildman–Crippen MR) is 78.8 cm³/mol. The maximum atomic E-state index is 12.0. The molecule has 0 aromatic carbocycles. The summed E-state index contributed by atoms with van der Waals surface area (Å²) in [4.78, 5) is 16.2. The van der Waals surface area contributed by atoms with Gasteiger partial charge in [0, 0.05) is 43.7 Å². The highest BCUT2D eigenvalue weighted by Crippen LogP contribution is 2.05. The van der Waals surface area contributed by atoms with E-state index in [9.17, 15) is 9.90 Å². The number of aromatic nitrogens is 3. The van der Waals surface area contributed by atoms with Crippen molar-refractivity contribution < 1.29 is 9.90 Å². The first-order valence-corrected chi connectivity index (χ1v) is 7.04. The maximum absolute atomic E-state index is 12.0. The minimum Gasteiger partial charge on any atom is -0.396 e. The van der Waals surface area contributed by atoms with E-state index in [0.29, 0.717) is 18.5 Å². The first-order chi connectivity index (χ1) is 10.2. The fraction of sp³-hybridized carbons (Fsp3) is 0.400. The summed E-state index contributed by atoms with van der Waals surface area (Å²) in [6.45, 7) is 3.10. The van der Waals surface area contributed by atoms with Gasteiger partial charge in [-0.2, -0.15) is 5.10 Å². The van der Waals surface area contributed by atoms with Crippen molar-refractivity contribution in [1.29, 1.82) is 0 Å². The van der Waals surface area contributed by atoms with Crippen LogP contribution in [0.3, 0.4) is 0 Å². The van der Waals surface area contributed by atoms with Gasteiger partial charge in [-0.25, -0.2) is 0 Å². The molecule has 2 aromatic heterocycles. The quantitative estimate of drug-likeness (QED) is 0.792. The Morgan fingerprint density at radius 3 is 2.95 bits per heavy atom. The van der Waals surface area contributed by atoms with Crippen LogP contribution in [0, 0.1) is 5.92 Å². The Kier molecular flexibility index (Phi) is 5.45. The van der Waals surface area contributed by atoms with E-state index in [4.69, 9.17) is 0 Å². The van der Waals surface area contributed by atoms with Gasteiger partial charge in [0.15, 0.2) is 0 Å². The van der Waals surface area contributed by atoms with Crippen LogP contribution in [0.25, 0.3) is 0 Å². The van der Waals surface area contributed by atoms with Crippen LogP contribution < -0.4 is 5.32 Å². The summed E-state index contributed by atoms with van der Waals surface area (Å²) in [6.07, 6.45) is 5.61. The van der Waals surface area contributed by atoms with E-state index in [0.717, 1.165) is 12.2 Å². The zero-order valence-electron chi connectivity index (χ0n) is 12.1. The Balaban J connectivity index is 1.86. The van der Waals surface area contributed by atoms with Gasteiger partial charge in [0.2, 0.25) is 0 Å². The monoisotopic (exact) mass is 288 g/mol. The summed E-state index contributed by atoms with van der Waals surface area (Å²) >= 11 is 0. The minimum absolute atomic E-state index is 0.00504. The summed E-state index contributed by atoms with van der Waals surface area (Å²) in [6, 6.07) is 5.68. The molecule has 0 radical (unpaired) electrons. The Morgan fingerprint density at radius 1 is 1.48 bits per heavy atom. The van der Waals surface area contributed by atoms with Crippen LogP contribution in [0.2, 0.25) is 0 Å². The standard InChI is InChI=1S/C15H20N4O2/c1-2-19-10-13(9-18-19)15(21)17-8-12(11-20)7-14-5-3-4-6-16-14/h3-6,9-10,12,20H,2,7-8,11H2,1H3,(H,17,21). The number of hydrogen-bond acceptors (Lipinski definition) is 4. The van der Waals surface area contributed by atoms with E-state index in [1.165, 1.54) is 0 Å². The molecule has 0 saturated carbocycles. The lowest BCUT2D eigenvalue weighted by molar-refractivity contribution is 0.0939. The number of amides is 1. The molecule has 21 heavy (non-hydrogen) atoms. The minimum atomic E-state index is -0.172. The Hall–Kier alpha value is -2.21. The lowest BCUT2D eigenvalue weighted by Gasteiger charge is -2.14. The zero-order chi connectivity index (χ0) is 15.1. The molecule has 6 heteroatoms. The largest absolute Gasteiger partial charge is 0.396 e. The third-order valence-corrected chi connectivity index (χ3v) is 3.25. The number of nitrogens with zero attached hydrogens (tertiary/aromatic N) is 3. The van der Waals surface area contributed by atoms with Gasteiger partial charge in [0.1, 0.15) is 0 Å². The number of aliphatic hydroxyl groups is 1. The van der Waals surface area contributed by atoms with Gasteiger partial charge in [-0.1, -0.05) is 6.07 Å². The molecule has 2 heterocycles. The lowest BCUT2D eigenvalue weighted by Crippen LogP contribution is -2.31. The molecule has 1 atom stereocenters. The summed E-state index contributed by atoms with van der Waals surface area (Å²) in [5.74, 6) is -0.223. The summed E-state index contributed by atoms with van der Waals surface area (Å²) < 4.78 is 1.70.